The van der Waals surface area contributed by atoms with E-state index in [0.29, 0.717) is 0 Å². The lowest BCUT2D eigenvalue weighted by Crippen LogP contribution is -2.29. The summed E-state index contributed by atoms with van der Waals surface area (Å²) in [7, 11) is 2.23. The van der Waals surface area contributed by atoms with E-state index in [2.05, 4.69) is 65.5 Å². The van der Waals surface area contributed by atoms with Gasteiger partial charge in [-0.25, -0.2) is 0 Å². The minimum Gasteiger partial charge on any atom is -0.306 e. The first-order chi connectivity index (χ1) is 13.2. The van der Waals surface area contributed by atoms with E-state index >= 15 is 0 Å². The first-order valence-electron chi connectivity index (χ1n) is 10.2. The fourth-order valence-electron chi connectivity index (χ4n) is 3.53. The van der Waals surface area contributed by atoms with Crippen LogP contribution in [0.1, 0.15) is 49.0 Å². The van der Waals surface area contributed by atoms with Gasteiger partial charge in [0.1, 0.15) is 0 Å². The molecule has 0 saturated heterocycles. The molecule has 0 spiro atoms. The lowest BCUT2D eigenvalue weighted by atomic mass is 10.2. The third kappa shape index (κ3) is 6.69. The van der Waals surface area contributed by atoms with Crippen LogP contribution in [0.25, 0.3) is 0 Å². The van der Waals surface area contributed by atoms with Gasteiger partial charge in [-0.15, -0.1) is 0 Å². The van der Waals surface area contributed by atoms with E-state index in [1.807, 2.05) is 0 Å². The van der Waals surface area contributed by atoms with Crippen LogP contribution in [0.4, 0.5) is 0 Å². The standard InChI is InChI=1S/C22H33N5/c1-3-4-12-26(2)13-7-14-27-17-21-10-5-8-19(24-21)15-23-16-20-9-6-11-22(18-27)25-20/h5-6,8-11,23H,3-4,7,12-18H2,1-2H3. The zero-order valence-corrected chi connectivity index (χ0v) is 16.8. The molecule has 0 atom stereocenters. The largest absolute Gasteiger partial charge is 0.306 e. The minimum atomic E-state index is 0.780. The van der Waals surface area contributed by atoms with Crippen LogP contribution in [-0.2, 0) is 26.2 Å². The molecule has 0 fully saturated rings. The molecule has 146 valence electrons. The molecule has 2 aromatic heterocycles. The van der Waals surface area contributed by atoms with Crippen LogP contribution < -0.4 is 5.32 Å². The van der Waals surface area contributed by atoms with Crippen LogP contribution in [0, 0.1) is 0 Å². The van der Waals surface area contributed by atoms with E-state index < -0.39 is 0 Å². The lowest BCUT2D eigenvalue weighted by molar-refractivity contribution is 0.226. The van der Waals surface area contributed by atoms with E-state index in [-0.39, 0.29) is 0 Å². The summed E-state index contributed by atoms with van der Waals surface area (Å²) in [6, 6.07) is 12.7. The third-order valence-corrected chi connectivity index (χ3v) is 5.02. The topological polar surface area (TPSA) is 44.3 Å². The molecular formula is C22H33N5. The molecule has 0 aromatic carbocycles. The molecular weight excluding hydrogens is 334 g/mol. The quantitative estimate of drug-likeness (QED) is 0.814. The Bertz CT molecular complexity index is 653. The first kappa shape index (κ1) is 19.9. The summed E-state index contributed by atoms with van der Waals surface area (Å²) < 4.78 is 0. The Kier molecular flexibility index (Phi) is 7.75. The molecule has 0 amide bonds. The fraction of sp³-hybridized carbons (Fsp3) is 0.545. The summed E-state index contributed by atoms with van der Waals surface area (Å²) in [4.78, 5) is 14.6. The van der Waals surface area contributed by atoms with Crippen molar-refractivity contribution >= 4 is 0 Å². The van der Waals surface area contributed by atoms with Crippen LogP contribution in [-0.4, -0.2) is 46.4 Å². The van der Waals surface area contributed by atoms with Crippen molar-refractivity contribution in [1.29, 1.82) is 0 Å². The van der Waals surface area contributed by atoms with Gasteiger partial charge < -0.3 is 10.2 Å². The smallest absolute Gasteiger partial charge is 0.0548 e. The maximum absolute atomic E-state index is 4.84. The van der Waals surface area contributed by atoms with Crippen LogP contribution >= 0.6 is 0 Å². The van der Waals surface area contributed by atoms with Crippen LogP contribution in [0.2, 0.25) is 0 Å². The maximum atomic E-state index is 4.84. The van der Waals surface area contributed by atoms with Gasteiger partial charge in [0.25, 0.3) is 0 Å². The molecule has 2 aromatic rings. The molecule has 1 aliphatic rings. The predicted octanol–water partition coefficient (Wildman–Crippen LogP) is 3.20. The van der Waals surface area contributed by atoms with Crippen molar-refractivity contribution in [1.82, 2.24) is 25.1 Å². The molecule has 0 unspecified atom stereocenters. The Hall–Kier alpha value is -1.82. The van der Waals surface area contributed by atoms with Crippen molar-refractivity contribution in [2.75, 3.05) is 26.7 Å². The summed E-state index contributed by atoms with van der Waals surface area (Å²) in [6.45, 7) is 8.95. The molecule has 4 bridgehead atoms. The van der Waals surface area contributed by atoms with Gasteiger partial charge in [0, 0.05) is 32.7 Å². The summed E-state index contributed by atoms with van der Waals surface area (Å²) in [5.74, 6) is 0. The highest BCUT2D eigenvalue weighted by Gasteiger charge is 2.12. The van der Waals surface area contributed by atoms with Crippen LogP contribution in [0.3, 0.4) is 0 Å². The van der Waals surface area contributed by atoms with Crippen LogP contribution in [0.15, 0.2) is 36.4 Å². The van der Waals surface area contributed by atoms with E-state index in [1.165, 1.54) is 25.8 Å². The van der Waals surface area contributed by atoms with Crippen LogP contribution in [0.5, 0.6) is 0 Å². The molecule has 5 heteroatoms. The fourth-order valence-corrected chi connectivity index (χ4v) is 3.53. The van der Waals surface area contributed by atoms with Gasteiger partial charge >= 0.3 is 0 Å². The van der Waals surface area contributed by atoms with E-state index in [4.69, 9.17) is 9.97 Å². The Balaban J connectivity index is 1.67. The van der Waals surface area contributed by atoms with E-state index in [0.717, 1.165) is 62.0 Å². The molecule has 1 aliphatic heterocycles. The second-order valence-corrected chi connectivity index (χ2v) is 7.57. The second kappa shape index (κ2) is 10.5. The van der Waals surface area contributed by atoms with Crippen molar-refractivity contribution in [2.45, 2.75) is 52.4 Å². The number of rotatable bonds is 7. The monoisotopic (exact) mass is 367 g/mol. The zero-order valence-electron chi connectivity index (χ0n) is 16.8. The molecule has 3 heterocycles. The highest BCUT2D eigenvalue weighted by molar-refractivity contribution is 5.14. The van der Waals surface area contributed by atoms with Crippen molar-refractivity contribution in [2.24, 2.45) is 0 Å². The number of nitrogens with zero attached hydrogens (tertiary/aromatic N) is 4. The molecule has 5 nitrogen and oxygen atoms in total. The Morgan fingerprint density at radius 3 is 2.04 bits per heavy atom. The number of hydrogen-bond donors (Lipinski definition) is 1. The van der Waals surface area contributed by atoms with Gasteiger partial charge in [0.05, 0.1) is 22.8 Å². The second-order valence-electron chi connectivity index (χ2n) is 7.57. The van der Waals surface area contributed by atoms with Crippen molar-refractivity contribution in [3.8, 4) is 0 Å². The lowest BCUT2D eigenvalue weighted by Gasteiger charge is -2.24. The van der Waals surface area contributed by atoms with E-state index in [9.17, 15) is 0 Å². The number of pyridine rings is 2. The van der Waals surface area contributed by atoms with Crippen molar-refractivity contribution in [3.05, 3.63) is 59.2 Å². The molecule has 27 heavy (non-hydrogen) atoms. The average molecular weight is 368 g/mol. The SMILES string of the molecule is CCCCN(C)CCCN1Cc2cccc(n2)CNCc2cccc(n2)C1. The molecule has 3 rings (SSSR count). The average Bonchev–Trinajstić information content (AvgIpc) is 2.66. The molecule has 0 saturated carbocycles. The predicted molar refractivity (Wildman–Crippen MR) is 110 cm³/mol. The van der Waals surface area contributed by atoms with Gasteiger partial charge in [0.15, 0.2) is 0 Å². The van der Waals surface area contributed by atoms with Gasteiger partial charge in [-0.1, -0.05) is 25.5 Å². The minimum absolute atomic E-state index is 0.780. The van der Waals surface area contributed by atoms with Gasteiger partial charge in [-0.05, 0) is 57.2 Å². The summed E-state index contributed by atoms with van der Waals surface area (Å²) >= 11 is 0. The maximum Gasteiger partial charge on any atom is 0.0548 e. The highest BCUT2D eigenvalue weighted by Crippen LogP contribution is 2.11. The Labute approximate surface area is 163 Å². The van der Waals surface area contributed by atoms with Gasteiger partial charge in [-0.2, -0.15) is 0 Å². The molecule has 1 N–H and O–H groups in total. The van der Waals surface area contributed by atoms with E-state index in [1.54, 1.807) is 0 Å². The number of nitrogens with one attached hydrogen (secondary N) is 1. The first-order valence-corrected chi connectivity index (χ1v) is 10.2. The molecule has 0 radical (unpaired) electrons. The van der Waals surface area contributed by atoms with Gasteiger partial charge in [0.2, 0.25) is 0 Å². The van der Waals surface area contributed by atoms with Crippen molar-refractivity contribution < 1.29 is 0 Å². The number of aromatic nitrogens is 2. The number of hydrogen-bond acceptors (Lipinski definition) is 5. The zero-order chi connectivity index (χ0) is 18.9. The van der Waals surface area contributed by atoms with Gasteiger partial charge in [-0.3, -0.25) is 14.9 Å². The Morgan fingerprint density at radius 1 is 0.889 bits per heavy atom. The summed E-state index contributed by atoms with van der Waals surface area (Å²) in [5.41, 5.74) is 4.49. The third-order valence-electron chi connectivity index (χ3n) is 5.02. The Morgan fingerprint density at radius 2 is 1.44 bits per heavy atom. The number of unbranched alkanes of at least 4 members (excludes halogenated alkanes) is 1. The van der Waals surface area contributed by atoms with Crippen molar-refractivity contribution in [3.63, 3.8) is 0 Å². The summed E-state index contributed by atoms with van der Waals surface area (Å²) in [6.07, 6.45) is 3.71. The normalized spacial score (nSPS) is 15.4. The number of fused-ring (bicyclic) bond motifs is 4. The molecule has 0 aliphatic carbocycles. The summed E-state index contributed by atoms with van der Waals surface area (Å²) in [5, 5.41) is 3.45. The highest BCUT2D eigenvalue weighted by atomic mass is 15.1.